The first-order valence-corrected chi connectivity index (χ1v) is 8.76. The summed E-state index contributed by atoms with van der Waals surface area (Å²) in [6.07, 6.45) is 2.06. The molecule has 1 fully saturated rings. The van der Waals surface area contributed by atoms with Gasteiger partial charge in [0, 0.05) is 13.1 Å². The number of hydrogen-bond acceptors (Lipinski definition) is 4. The first-order valence-electron chi connectivity index (χ1n) is 8.76. The summed E-state index contributed by atoms with van der Waals surface area (Å²) < 4.78 is 11.1. The molecule has 2 aliphatic rings. The number of piperidine rings is 1. The van der Waals surface area contributed by atoms with E-state index >= 15 is 0 Å². The van der Waals surface area contributed by atoms with Gasteiger partial charge in [-0.05, 0) is 37.0 Å². The number of nitrogens with zero attached hydrogens (tertiary/aromatic N) is 1. The Morgan fingerprint density at radius 3 is 2.80 bits per heavy atom. The highest BCUT2D eigenvalue weighted by Crippen LogP contribution is 2.33. The number of ether oxygens (including phenoxy) is 2. The van der Waals surface area contributed by atoms with Crippen LogP contribution in [-0.2, 0) is 4.79 Å². The first kappa shape index (κ1) is 17.4. The van der Waals surface area contributed by atoms with Crippen molar-refractivity contribution in [2.24, 2.45) is 5.92 Å². The number of likely N-dealkylation sites (tertiary alicyclic amines) is 1. The highest BCUT2D eigenvalue weighted by Gasteiger charge is 2.29. The van der Waals surface area contributed by atoms with Gasteiger partial charge in [-0.1, -0.05) is 13.0 Å². The molecule has 136 valence electrons. The molecule has 0 aliphatic carbocycles. The minimum atomic E-state index is -0.837. The molecule has 1 saturated heterocycles. The lowest BCUT2D eigenvalue weighted by atomic mass is 9.98. The van der Waals surface area contributed by atoms with E-state index in [-0.39, 0.29) is 18.6 Å². The Morgan fingerprint density at radius 2 is 2.08 bits per heavy atom. The second-order valence-electron chi connectivity index (χ2n) is 6.44. The molecule has 0 saturated carbocycles. The average molecular weight is 348 g/mol. The van der Waals surface area contributed by atoms with Crippen LogP contribution in [-0.4, -0.2) is 48.3 Å². The van der Waals surface area contributed by atoms with Crippen molar-refractivity contribution >= 4 is 12.0 Å². The molecule has 25 heavy (non-hydrogen) atoms. The molecule has 7 nitrogen and oxygen atoms in total. The van der Waals surface area contributed by atoms with Crippen molar-refractivity contribution in [1.82, 2.24) is 10.2 Å². The number of nitrogens with one attached hydrogen (secondary N) is 1. The molecule has 0 bridgehead atoms. The number of carboxylic acids is 1. The number of urea groups is 1. The minimum Gasteiger partial charge on any atom is -0.486 e. The Kier molecular flexibility index (Phi) is 5.31. The van der Waals surface area contributed by atoms with Crippen LogP contribution < -0.4 is 14.8 Å². The van der Waals surface area contributed by atoms with E-state index in [1.807, 2.05) is 25.1 Å². The molecule has 2 amide bonds. The van der Waals surface area contributed by atoms with Crippen molar-refractivity contribution < 1.29 is 24.2 Å². The predicted molar refractivity (Wildman–Crippen MR) is 90.9 cm³/mol. The van der Waals surface area contributed by atoms with Crippen LogP contribution in [0, 0.1) is 5.92 Å². The van der Waals surface area contributed by atoms with Crippen molar-refractivity contribution in [3.8, 4) is 11.5 Å². The summed E-state index contributed by atoms with van der Waals surface area (Å²) in [4.78, 5) is 25.3. The summed E-state index contributed by atoms with van der Waals surface area (Å²) >= 11 is 0. The summed E-state index contributed by atoms with van der Waals surface area (Å²) in [6.45, 7) is 3.91. The third-order valence-electron chi connectivity index (χ3n) is 4.73. The fourth-order valence-electron chi connectivity index (χ4n) is 3.30. The fourth-order valence-corrected chi connectivity index (χ4v) is 3.30. The molecule has 2 aliphatic heterocycles. The van der Waals surface area contributed by atoms with Gasteiger partial charge in [0.1, 0.15) is 13.2 Å². The lowest BCUT2D eigenvalue weighted by Crippen LogP contribution is -2.47. The predicted octanol–water partition coefficient (Wildman–Crippen LogP) is 2.42. The number of hydrogen-bond donors (Lipinski definition) is 2. The van der Waals surface area contributed by atoms with E-state index in [0.29, 0.717) is 38.3 Å². The zero-order valence-corrected chi connectivity index (χ0v) is 14.4. The molecular formula is C18H24N2O5. The Balaban J connectivity index is 1.67. The lowest BCUT2D eigenvalue weighted by Gasteiger charge is -2.32. The summed E-state index contributed by atoms with van der Waals surface area (Å²) in [5.74, 6) is 0.0992. The quantitative estimate of drug-likeness (QED) is 0.872. The van der Waals surface area contributed by atoms with Crippen molar-refractivity contribution in [3.63, 3.8) is 0 Å². The van der Waals surface area contributed by atoms with Gasteiger partial charge in [0.2, 0.25) is 0 Å². The van der Waals surface area contributed by atoms with Crippen LogP contribution in [0.25, 0.3) is 0 Å². The number of carbonyl (C=O) groups excluding carboxylic acids is 1. The fraction of sp³-hybridized carbons (Fsp3) is 0.556. The molecule has 1 aromatic carbocycles. The van der Waals surface area contributed by atoms with E-state index in [9.17, 15) is 14.7 Å². The number of rotatable bonds is 4. The van der Waals surface area contributed by atoms with E-state index in [1.54, 1.807) is 4.90 Å². The number of fused-ring (bicyclic) bond motifs is 1. The van der Waals surface area contributed by atoms with Gasteiger partial charge in [0.25, 0.3) is 0 Å². The second-order valence-corrected chi connectivity index (χ2v) is 6.44. The summed E-state index contributed by atoms with van der Waals surface area (Å²) in [6, 6.07) is 5.32. The topological polar surface area (TPSA) is 88.1 Å². The van der Waals surface area contributed by atoms with Crippen LogP contribution in [0.2, 0.25) is 0 Å². The number of amides is 2. The van der Waals surface area contributed by atoms with Crippen molar-refractivity contribution in [2.75, 3.05) is 26.3 Å². The largest absolute Gasteiger partial charge is 0.486 e. The summed E-state index contributed by atoms with van der Waals surface area (Å²) in [5.41, 5.74) is 0.951. The maximum Gasteiger partial charge on any atom is 0.317 e. The van der Waals surface area contributed by atoms with Crippen LogP contribution in [0.5, 0.6) is 11.5 Å². The number of aliphatic carboxylic acids is 1. The normalized spacial score (nSPS) is 20.7. The maximum atomic E-state index is 12.6. The monoisotopic (exact) mass is 348 g/mol. The average Bonchev–Trinajstić information content (AvgIpc) is 2.65. The molecule has 3 rings (SSSR count). The first-order chi connectivity index (χ1) is 12.1. The molecule has 1 aromatic rings. The van der Waals surface area contributed by atoms with E-state index in [0.717, 1.165) is 17.7 Å². The van der Waals surface area contributed by atoms with E-state index < -0.39 is 11.9 Å². The zero-order valence-electron chi connectivity index (χ0n) is 14.4. The molecule has 2 heterocycles. The smallest absolute Gasteiger partial charge is 0.317 e. The third-order valence-corrected chi connectivity index (χ3v) is 4.73. The Labute approximate surface area is 146 Å². The van der Waals surface area contributed by atoms with Gasteiger partial charge in [-0.2, -0.15) is 0 Å². The van der Waals surface area contributed by atoms with Gasteiger partial charge >= 0.3 is 12.0 Å². The van der Waals surface area contributed by atoms with E-state index in [1.165, 1.54) is 0 Å². The van der Waals surface area contributed by atoms with E-state index in [2.05, 4.69) is 5.32 Å². The van der Waals surface area contributed by atoms with Crippen molar-refractivity contribution in [3.05, 3.63) is 23.8 Å². The maximum absolute atomic E-state index is 12.6. The summed E-state index contributed by atoms with van der Waals surface area (Å²) in [5, 5.41) is 12.2. The number of carbonyl (C=O) groups is 2. The third kappa shape index (κ3) is 3.97. The van der Waals surface area contributed by atoms with Gasteiger partial charge in [0.15, 0.2) is 11.5 Å². The van der Waals surface area contributed by atoms with Gasteiger partial charge in [-0.15, -0.1) is 0 Å². The van der Waals surface area contributed by atoms with Gasteiger partial charge in [-0.25, -0.2) is 4.79 Å². The lowest BCUT2D eigenvalue weighted by molar-refractivity contribution is -0.143. The molecular weight excluding hydrogens is 324 g/mol. The Hall–Kier alpha value is -2.44. The van der Waals surface area contributed by atoms with Gasteiger partial charge in [0.05, 0.1) is 12.0 Å². The highest BCUT2D eigenvalue weighted by molar-refractivity contribution is 5.77. The Morgan fingerprint density at radius 1 is 1.32 bits per heavy atom. The van der Waals surface area contributed by atoms with Crippen LogP contribution in [0.1, 0.15) is 37.8 Å². The van der Waals surface area contributed by atoms with Crippen molar-refractivity contribution in [2.45, 2.75) is 32.2 Å². The summed E-state index contributed by atoms with van der Waals surface area (Å²) in [7, 11) is 0. The van der Waals surface area contributed by atoms with Gasteiger partial charge < -0.3 is 24.8 Å². The van der Waals surface area contributed by atoms with Crippen LogP contribution in [0.4, 0.5) is 4.79 Å². The molecule has 0 spiro atoms. The van der Waals surface area contributed by atoms with Gasteiger partial charge in [-0.3, -0.25) is 4.79 Å². The van der Waals surface area contributed by atoms with Crippen molar-refractivity contribution in [1.29, 1.82) is 0 Å². The molecule has 2 unspecified atom stereocenters. The Bertz CT molecular complexity index is 648. The standard InChI is InChI=1S/C18H24N2O5/c1-2-14(12-5-6-15-16(10-12)25-9-8-24-15)19-18(23)20-7-3-4-13(11-20)17(21)22/h5-6,10,13-14H,2-4,7-9,11H2,1H3,(H,19,23)(H,21,22). The SMILES string of the molecule is CCC(NC(=O)N1CCCC(C(=O)O)C1)c1ccc2c(c1)OCCO2. The van der Waals surface area contributed by atoms with Crippen LogP contribution >= 0.6 is 0 Å². The molecule has 2 atom stereocenters. The number of carboxylic acid groups (broad SMARTS) is 1. The van der Waals surface area contributed by atoms with Crippen LogP contribution in [0.3, 0.4) is 0 Å². The molecule has 0 radical (unpaired) electrons. The second kappa shape index (κ2) is 7.63. The molecule has 2 N–H and O–H groups in total. The van der Waals surface area contributed by atoms with Crippen LogP contribution in [0.15, 0.2) is 18.2 Å². The number of benzene rings is 1. The van der Waals surface area contributed by atoms with E-state index in [4.69, 9.17) is 9.47 Å². The molecule has 0 aromatic heterocycles. The minimum absolute atomic E-state index is 0.159. The zero-order chi connectivity index (χ0) is 17.8. The highest BCUT2D eigenvalue weighted by atomic mass is 16.6. The molecule has 7 heteroatoms.